The maximum absolute atomic E-state index is 11.8. The lowest BCUT2D eigenvalue weighted by Gasteiger charge is -2.26. The van der Waals surface area contributed by atoms with Gasteiger partial charge in [-0.25, -0.2) is 0 Å². The van der Waals surface area contributed by atoms with Gasteiger partial charge in [0, 0.05) is 22.7 Å². The molecular formula is C15H22N2O2S2. The van der Waals surface area contributed by atoms with Gasteiger partial charge in [0.1, 0.15) is 11.5 Å². The molecule has 0 saturated heterocycles. The normalized spacial score (nSPS) is 10.2. The zero-order valence-corrected chi connectivity index (χ0v) is 14.4. The van der Waals surface area contributed by atoms with E-state index in [9.17, 15) is 4.79 Å². The van der Waals surface area contributed by atoms with E-state index in [0.717, 1.165) is 29.1 Å². The first-order chi connectivity index (χ1) is 10.0. The van der Waals surface area contributed by atoms with Gasteiger partial charge in [0.2, 0.25) is 0 Å². The van der Waals surface area contributed by atoms with Crippen LogP contribution in [0.3, 0.4) is 0 Å². The molecule has 0 unspecified atom stereocenters. The van der Waals surface area contributed by atoms with Crippen LogP contribution in [-0.4, -0.2) is 36.9 Å². The highest BCUT2D eigenvalue weighted by atomic mass is 32.2. The lowest BCUT2D eigenvalue weighted by atomic mass is 10.1. The first kappa shape index (κ1) is 17.8. The Morgan fingerprint density at radius 2 is 2.14 bits per heavy atom. The summed E-state index contributed by atoms with van der Waals surface area (Å²) in [5, 5.41) is 0. The summed E-state index contributed by atoms with van der Waals surface area (Å²) >= 11 is 6.79. The third kappa shape index (κ3) is 4.89. The van der Waals surface area contributed by atoms with Crippen molar-refractivity contribution in [3.8, 4) is 0 Å². The van der Waals surface area contributed by atoms with Crippen molar-refractivity contribution in [1.29, 1.82) is 0 Å². The number of esters is 1. The van der Waals surface area contributed by atoms with E-state index in [1.54, 1.807) is 18.7 Å². The third-order valence-electron chi connectivity index (χ3n) is 2.93. The molecule has 0 saturated carbocycles. The van der Waals surface area contributed by atoms with Crippen LogP contribution in [0.4, 0.5) is 5.69 Å². The number of anilines is 1. The molecule has 0 amide bonds. The fraction of sp³-hybridized carbons (Fsp3) is 0.467. The molecular weight excluding hydrogens is 304 g/mol. The second-order valence-electron chi connectivity index (χ2n) is 4.45. The van der Waals surface area contributed by atoms with Crippen molar-refractivity contribution in [3.05, 3.63) is 23.8 Å². The maximum Gasteiger partial charge on any atom is 0.325 e. The minimum Gasteiger partial charge on any atom is -0.465 e. The van der Waals surface area contributed by atoms with Gasteiger partial charge in [-0.15, -0.1) is 11.8 Å². The van der Waals surface area contributed by atoms with Crippen LogP contribution in [0.5, 0.6) is 0 Å². The Morgan fingerprint density at radius 1 is 1.43 bits per heavy atom. The van der Waals surface area contributed by atoms with Gasteiger partial charge in [-0.2, -0.15) is 0 Å². The molecule has 0 heterocycles. The van der Waals surface area contributed by atoms with Crippen LogP contribution in [0.2, 0.25) is 0 Å². The van der Waals surface area contributed by atoms with Gasteiger partial charge >= 0.3 is 5.97 Å². The number of rotatable bonds is 8. The minimum absolute atomic E-state index is 0.203. The average molecular weight is 326 g/mol. The van der Waals surface area contributed by atoms with Crippen molar-refractivity contribution < 1.29 is 9.53 Å². The summed E-state index contributed by atoms with van der Waals surface area (Å²) in [6.07, 6.45) is 2.90. The number of thioether (sulfide) groups is 1. The number of benzene rings is 1. The molecule has 0 aromatic heterocycles. The summed E-state index contributed by atoms with van der Waals surface area (Å²) in [6.45, 7) is 5.20. The highest BCUT2D eigenvalue weighted by Gasteiger charge is 2.18. The molecule has 0 atom stereocenters. The SMILES string of the molecule is CCCN(CC(=O)OCC)c1cccc(SC)c1C(N)=S. The van der Waals surface area contributed by atoms with Crippen molar-refractivity contribution in [1.82, 2.24) is 0 Å². The molecule has 21 heavy (non-hydrogen) atoms. The van der Waals surface area contributed by atoms with Crippen molar-refractivity contribution in [2.45, 2.75) is 25.2 Å². The van der Waals surface area contributed by atoms with Gasteiger partial charge < -0.3 is 15.4 Å². The molecule has 1 aromatic carbocycles. The van der Waals surface area contributed by atoms with Crippen LogP contribution in [0.15, 0.2) is 23.1 Å². The van der Waals surface area contributed by atoms with Gasteiger partial charge in [-0.1, -0.05) is 25.2 Å². The molecule has 2 N–H and O–H groups in total. The first-order valence-electron chi connectivity index (χ1n) is 6.92. The number of nitrogens with zero attached hydrogens (tertiary/aromatic N) is 1. The van der Waals surface area contributed by atoms with Crippen LogP contribution in [-0.2, 0) is 9.53 Å². The van der Waals surface area contributed by atoms with Crippen LogP contribution < -0.4 is 10.6 Å². The number of carbonyl (C=O) groups excluding carboxylic acids is 1. The fourth-order valence-corrected chi connectivity index (χ4v) is 3.03. The van der Waals surface area contributed by atoms with Gasteiger partial charge in [0.15, 0.2) is 0 Å². The summed E-state index contributed by atoms with van der Waals surface area (Å²) in [7, 11) is 0. The smallest absolute Gasteiger partial charge is 0.325 e. The number of thiocarbonyl (C=S) groups is 1. The molecule has 0 spiro atoms. The maximum atomic E-state index is 11.8. The van der Waals surface area contributed by atoms with Crippen molar-refractivity contribution >= 4 is 40.6 Å². The van der Waals surface area contributed by atoms with E-state index in [1.807, 2.05) is 29.4 Å². The van der Waals surface area contributed by atoms with Crippen LogP contribution in [0, 0.1) is 0 Å². The molecule has 0 radical (unpaired) electrons. The Balaban J connectivity index is 3.18. The molecule has 0 aliphatic heterocycles. The molecule has 0 aliphatic rings. The molecule has 4 nitrogen and oxygen atoms in total. The van der Waals surface area contributed by atoms with E-state index in [1.165, 1.54) is 0 Å². The fourth-order valence-electron chi connectivity index (χ4n) is 2.12. The zero-order chi connectivity index (χ0) is 15.8. The summed E-state index contributed by atoms with van der Waals surface area (Å²) in [5.41, 5.74) is 7.61. The van der Waals surface area contributed by atoms with Crippen LogP contribution in [0.1, 0.15) is 25.8 Å². The van der Waals surface area contributed by atoms with Gasteiger partial charge in [0.05, 0.1) is 6.61 Å². The van der Waals surface area contributed by atoms with E-state index in [2.05, 4.69) is 6.92 Å². The topological polar surface area (TPSA) is 55.6 Å². The average Bonchev–Trinajstić information content (AvgIpc) is 2.46. The quantitative estimate of drug-likeness (QED) is 0.450. The monoisotopic (exact) mass is 326 g/mol. The second-order valence-corrected chi connectivity index (χ2v) is 5.73. The zero-order valence-electron chi connectivity index (χ0n) is 12.7. The Hall–Kier alpha value is -1.27. The van der Waals surface area contributed by atoms with Crippen molar-refractivity contribution in [2.75, 3.05) is 30.9 Å². The van der Waals surface area contributed by atoms with Crippen molar-refractivity contribution in [2.24, 2.45) is 5.73 Å². The minimum atomic E-state index is -0.241. The largest absolute Gasteiger partial charge is 0.465 e. The molecule has 116 valence electrons. The van der Waals surface area contributed by atoms with Crippen molar-refractivity contribution in [3.63, 3.8) is 0 Å². The number of carbonyl (C=O) groups is 1. The highest BCUT2D eigenvalue weighted by molar-refractivity contribution is 7.98. The van der Waals surface area contributed by atoms with E-state index in [-0.39, 0.29) is 12.5 Å². The molecule has 1 rings (SSSR count). The van der Waals surface area contributed by atoms with E-state index in [0.29, 0.717) is 11.6 Å². The number of hydrogen-bond donors (Lipinski definition) is 1. The summed E-state index contributed by atoms with van der Waals surface area (Å²) in [6, 6.07) is 5.89. The van der Waals surface area contributed by atoms with E-state index in [4.69, 9.17) is 22.7 Å². The van der Waals surface area contributed by atoms with E-state index >= 15 is 0 Å². The summed E-state index contributed by atoms with van der Waals surface area (Å²) in [4.78, 5) is 15.1. The second kappa shape index (κ2) is 8.89. The highest BCUT2D eigenvalue weighted by Crippen LogP contribution is 2.30. The predicted octanol–water partition coefficient (Wildman–Crippen LogP) is 2.82. The Morgan fingerprint density at radius 3 is 2.67 bits per heavy atom. The Bertz CT molecular complexity index is 506. The number of ether oxygens (including phenoxy) is 1. The third-order valence-corrected chi connectivity index (χ3v) is 3.91. The van der Waals surface area contributed by atoms with Gasteiger partial charge in [0.25, 0.3) is 0 Å². The van der Waals surface area contributed by atoms with Gasteiger partial charge in [-0.3, -0.25) is 4.79 Å². The van der Waals surface area contributed by atoms with Crippen LogP contribution in [0.25, 0.3) is 0 Å². The van der Waals surface area contributed by atoms with Crippen LogP contribution >= 0.6 is 24.0 Å². The first-order valence-corrected chi connectivity index (χ1v) is 8.55. The predicted molar refractivity (Wildman–Crippen MR) is 93.2 cm³/mol. The Kier molecular flexibility index (Phi) is 7.53. The summed E-state index contributed by atoms with van der Waals surface area (Å²) in [5.74, 6) is -0.241. The lowest BCUT2D eigenvalue weighted by Crippen LogP contribution is -2.33. The molecule has 0 fully saturated rings. The van der Waals surface area contributed by atoms with E-state index < -0.39 is 0 Å². The summed E-state index contributed by atoms with van der Waals surface area (Å²) < 4.78 is 5.05. The molecule has 0 aliphatic carbocycles. The standard InChI is InChI=1S/C15H22N2O2S2/c1-4-9-17(10-13(18)19-5-2)11-7-6-8-12(21-3)14(11)15(16)20/h6-8H,4-5,9-10H2,1-3H3,(H2,16,20). The number of hydrogen-bond acceptors (Lipinski definition) is 5. The van der Waals surface area contributed by atoms with Gasteiger partial charge in [-0.05, 0) is 31.7 Å². The lowest BCUT2D eigenvalue weighted by molar-refractivity contribution is -0.141. The molecule has 0 bridgehead atoms. The molecule has 1 aromatic rings. The number of nitrogens with two attached hydrogens (primary N) is 1. The molecule has 6 heteroatoms. The Labute approximate surface area is 136 Å².